The Morgan fingerprint density at radius 3 is 2.33 bits per heavy atom. The van der Waals surface area contributed by atoms with Crippen LogP contribution in [0.15, 0.2) is 48.5 Å². The fourth-order valence-corrected chi connectivity index (χ4v) is 5.22. The number of fused-ring (bicyclic) bond motifs is 1. The van der Waals surface area contributed by atoms with Crippen molar-refractivity contribution in [1.29, 1.82) is 0 Å². The number of aliphatic carboxylic acids is 1. The third kappa shape index (κ3) is 8.11. The predicted octanol–water partition coefficient (Wildman–Crippen LogP) is 5.15. The lowest BCUT2D eigenvalue weighted by molar-refractivity contribution is -0.192. The largest absolute Gasteiger partial charge is 0.497 e. The molecule has 1 amide bonds. The number of carboxylic acids is 1. The summed E-state index contributed by atoms with van der Waals surface area (Å²) in [5.74, 6) is 0.239. The first-order valence-electron chi connectivity index (χ1n) is 13.3. The summed E-state index contributed by atoms with van der Waals surface area (Å²) >= 11 is 0. The van der Waals surface area contributed by atoms with E-state index < -0.39 is 12.1 Å². The van der Waals surface area contributed by atoms with Crippen LogP contribution < -0.4 is 14.8 Å². The molecule has 5 rings (SSSR count). The molecule has 2 fully saturated rings. The topological polar surface area (TPSA) is 88.1 Å². The van der Waals surface area contributed by atoms with Gasteiger partial charge in [0.15, 0.2) is 0 Å². The zero-order valence-corrected chi connectivity index (χ0v) is 22.0. The van der Waals surface area contributed by atoms with E-state index in [1.807, 2.05) is 18.2 Å². The molecular weight excluding hydrogens is 513 g/mol. The van der Waals surface area contributed by atoms with Gasteiger partial charge in [0.05, 0.1) is 7.11 Å². The maximum Gasteiger partial charge on any atom is 0.490 e. The van der Waals surface area contributed by atoms with Crippen molar-refractivity contribution in [3.8, 4) is 11.5 Å². The number of nitrogens with zero attached hydrogens (tertiary/aromatic N) is 1. The zero-order chi connectivity index (χ0) is 28.0. The Morgan fingerprint density at radius 2 is 1.74 bits per heavy atom. The van der Waals surface area contributed by atoms with Crippen molar-refractivity contribution in [2.75, 3.05) is 26.7 Å². The van der Waals surface area contributed by atoms with Crippen molar-refractivity contribution in [2.45, 2.75) is 62.8 Å². The predicted molar refractivity (Wildman–Crippen MR) is 139 cm³/mol. The van der Waals surface area contributed by atoms with Gasteiger partial charge < -0.3 is 19.9 Å². The molecule has 3 aliphatic rings. The van der Waals surface area contributed by atoms with Crippen LogP contribution in [0, 0.1) is 5.92 Å². The molecule has 0 radical (unpaired) electrons. The minimum Gasteiger partial charge on any atom is -0.497 e. The number of methoxy groups -OCH3 is 1. The molecule has 0 aromatic heterocycles. The van der Waals surface area contributed by atoms with Crippen LogP contribution in [-0.2, 0) is 16.1 Å². The highest BCUT2D eigenvalue weighted by Crippen LogP contribution is 2.46. The summed E-state index contributed by atoms with van der Waals surface area (Å²) in [4.78, 5) is 24.1. The number of para-hydroxylation sites is 1. The SMILES string of the molecule is COc1ccc(CN2CCC3(CC2)CC(CC(=O)NCC2CC2)c2ccccc2O3)cc1.O=C(O)C(F)(F)F. The van der Waals surface area contributed by atoms with E-state index in [1.54, 1.807) is 7.11 Å². The fraction of sp³-hybridized carbons (Fsp3) is 0.517. The van der Waals surface area contributed by atoms with Gasteiger partial charge in [-0.25, -0.2) is 4.79 Å². The van der Waals surface area contributed by atoms with E-state index in [4.69, 9.17) is 19.4 Å². The lowest BCUT2D eigenvalue weighted by Crippen LogP contribution is -2.50. The summed E-state index contributed by atoms with van der Waals surface area (Å²) in [6.45, 7) is 3.81. The highest BCUT2D eigenvalue weighted by atomic mass is 19.4. The lowest BCUT2D eigenvalue weighted by atomic mass is 9.76. The summed E-state index contributed by atoms with van der Waals surface area (Å²) in [7, 11) is 1.70. The third-order valence-electron chi connectivity index (χ3n) is 7.60. The number of hydrogen-bond acceptors (Lipinski definition) is 5. The van der Waals surface area contributed by atoms with Gasteiger partial charge in [-0.15, -0.1) is 0 Å². The van der Waals surface area contributed by atoms with Crippen molar-refractivity contribution in [2.24, 2.45) is 5.92 Å². The number of nitrogens with one attached hydrogen (secondary N) is 1. The van der Waals surface area contributed by atoms with Crippen LogP contribution in [0.25, 0.3) is 0 Å². The molecule has 2 aromatic carbocycles. The molecule has 1 saturated heterocycles. The molecule has 2 heterocycles. The van der Waals surface area contributed by atoms with Crippen molar-refractivity contribution < 1.29 is 37.3 Å². The van der Waals surface area contributed by atoms with Gasteiger partial charge in [-0.3, -0.25) is 9.69 Å². The van der Waals surface area contributed by atoms with Crippen LogP contribution in [0.2, 0.25) is 0 Å². The second-order valence-electron chi connectivity index (χ2n) is 10.6. The molecule has 0 bridgehead atoms. The summed E-state index contributed by atoms with van der Waals surface area (Å²) in [6, 6.07) is 16.7. The lowest BCUT2D eigenvalue weighted by Gasteiger charge is -2.47. The second-order valence-corrected chi connectivity index (χ2v) is 10.6. The van der Waals surface area contributed by atoms with Gasteiger partial charge in [0.25, 0.3) is 0 Å². The first-order valence-corrected chi connectivity index (χ1v) is 13.3. The summed E-state index contributed by atoms with van der Waals surface area (Å²) < 4.78 is 43.6. The summed E-state index contributed by atoms with van der Waals surface area (Å²) in [6.07, 6.45) is 0.921. The molecule has 2 aromatic rings. The van der Waals surface area contributed by atoms with E-state index in [0.717, 1.165) is 56.9 Å². The standard InChI is InChI=1S/C27H34N2O3.C2HF3O2/c1-31-23-10-8-21(9-11-23)19-29-14-12-27(13-15-29)17-22(16-26(30)28-18-20-6-7-20)24-4-2-3-5-25(24)32-27;3-2(4,5)1(6)7/h2-5,8-11,20,22H,6-7,12-19H2,1H3,(H,28,30);(H,6,7). The van der Waals surface area contributed by atoms with E-state index in [2.05, 4.69) is 40.5 Å². The van der Waals surface area contributed by atoms with E-state index in [0.29, 0.717) is 12.3 Å². The highest BCUT2D eigenvalue weighted by Gasteiger charge is 2.43. The van der Waals surface area contributed by atoms with Gasteiger partial charge in [-0.2, -0.15) is 13.2 Å². The number of carboxylic acid groups (broad SMARTS) is 1. The number of carbonyl (C=O) groups excluding carboxylic acids is 1. The van der Waals surface area contributed by atoms with E-state index >= 15 is 0 Å². The number of ether oxygens (including phenoxy) is 2. The summed E-state index contributed by atoms with van der Waals surface area (Å²) in [5, 5.41) is 10.3. The highest BCUT2D eigenvalue weighted by molar-refractivity contribution is 5.77. The number of amides is 1. The number of piperidine rings is 1. The molecule has 7 nitrogen and oxygen atoms in total. The van der Waals surface area contributed by atoms with Crippen molar-refractivity contribution in [3.63, 3.8) is 0 Å². The molecule has 2 N–H and O–H groups in total. The number of benzene rings is 2. The number of hydrogen-bond donors (Lipinski definition) is 2. The Labute approximate surface area is 226 Å². The molecule has 10 heteroatoms. The van der Waals surface area contributed by atoms with Gasteiger partial charge in [0, 0.05) is 38.5 Å². The van der Waals surface area contributed by atoms with Crippen molar-refractivity contribution in [3.05, 3.63) is 59.7 Å². The smallest absolute Gasteiger partial charge is 0.490 e. The second kappa shape index (κ2) is 12.3. The molecule has 1 aliphatic carbocycles. The van der Waals surface area contributed by atoms with Gasteiger partial charge in [-0.05, 0) is 67.3 Å². The normalized spacial score (nSPS) is 20.2. The van der Waals surface area contributed by atoms with E-state index in [-0.39, 0.29) is 17.4 Å². The Bertz CT molecular complexity index is 1130. The number of likely N-dealkylation sites (tertiary alicyclic amines) is 1. The Hall–Kier alpha value is -3.27. The van der Waals surface area contributed by atoms with Crippen molar-refractivity contribution in [1.82, 2.24) is 10.2 Å². The quantitative estimate of drug-likeness (QED) is 0.498. The zero-order valence-electron chi connectivity index (χ0n) is 22.0. The van der Waals surface area contributed by atoms with Crippen LogP contribution in [-0.4, -0.2) is 60.4 Å². The number of rotatable bonds is 7. The number of carbonyl (C=O) groups is 2. The van der Waals surface area contributed by atoms with Crippen LogP contribution in [0.5, 0.6) is 11.5 Å². The molecule has 2 aliphatic heterocycles. The molecule has 1 saturated carbocycles. The van der Waals surface area contributed by atoms with Crippen LogP contribution in [0.3, 0.4) is 0 Å². The first kappa shape index (κ1) is 28.7. The minimum atomic E-state index is -5.08. The van der Waals surface area contributed by atoms with E-state index in [1.165, 1.54) is 24.0 Å². The maximum atomic E-state index is 12.7. The van der Waals surface area contributed by atoms with Crippen LogP contribution in [0.1, 0.15) is 55.6 Å². The average molecular weight is 549 g/mol. The molecule has 1 atom stereocenters. The van der Waals surface area contributed by atoms with Gasteiger partial charge in [-0.1, -0.05) is 30.3 Å². The Balaban J connectivity index is 0.000000448. The maximum absolute atomic E-state index is 12.7. The van der Waals surface area contributed by atoms with Gasteiger partial charge >= 0.3 is 12.1 Å². The third-order valence-corrected chi connectivity index (χ3v) is 7.60. The minimum absolute atomic E-state index is 0.161. The van der Waals surface area contributed by atoms with Crippen LogP contribution >= 0.6 is 0 Å². The fourth-order valence-electron chi connectivity index (χ4n) is 5.22. The van der Waals surface area contributed by atoms with E-state index in [9.17, 15) is 18.0 Å². The molecule has 1 spiro atoms. The Morgan fingerprint density at radius 1 is 1.10 bits per heavy atom. The average Bonchev–Trinajstić information content (AvgIpc) is 3.74. The van der Waals surface area contributed by atoms with Crippen molar-refractivity contribution >= 4 is 11.9 Å². The van der Waals surface area contributed by atoms with Gasteiger partial charge in [0.1, 0.15) is 17.1 Å². The monoisotopic (exact) mass is 548 g/mol. The van der Waals surface area contributed by atoms with Gasteiger partial charge in [0.2, 0.25) is 5.91 Å². The molecule has 1 unspecified atom stereocenters. The molecule has 212 valence electrons. The van der Waals surface area contributed by atoms with Crippen LogP contribution in [0.4, 0.5) is 13.2 Å². The first-order chi connectivity index (χ1) is 18.6. The Kier molecular flexibility index (Phi) is 9.04. The summed E-state index contributed by atoms with van der Waals surface area (Å²) in [5.41, 5.74) is 2.34. The molecular formula is C29H35F3N2O5. The molecule has 39 heavy (non-hydrogen) atoms. The number of halogens is 3. The number of alkyl halides is 3.